The third-order valence-electron chi connectivity index (χ3n) is 5.94. The van der Waals surface area contributed by atoms with Crippen molar-refractivity contribution in [1.29, 1.82) is 0 Å². The lowest BCUT2D eigenvalue weighted by molar-refractivity contribution is -0.126. The van der Waals surface area contributed by atoms with Crippen LogP contribution in [0.2, 0.25) is 0 Å². The number of hydrogen-bond acceptors (Lipinski definition) is 10. The Hall–Kier alpha value is -5.07. The van der Waals surface area contributed by atoms with Crippen LogP contribution in [0.3, 0.4) is 0 Å². The van der Waals surface area contributed by atoms with Crippen LogP contribution in [0, 0.1) is 0 Å². The predicted molar refractivity (Wildman–Crippen MR) is 188 cm³/mol. The number of amides is 3. The lowest BCUT2D eigenvalue weighted by atomic mass is 10.0. The predicted octanol–water partition coefficient (Wildman–Crippen LogP) is 6.20. The molecule has 13 heteroatoms. The molecule has 0 fully saturated rings. The van der Waals surface area contributed by atoms with Crippen LogP contribution in [0.15, 0.2) is 53.5 Å². The molecular formula is C36H52N4O9. The summed E-state index contributed by atoms with van der Waals surface area (Å²) in [5.74, 6) is 0.728. The number of carbonyl (C=O) groups excluding carboxylic acids is 4. The lowest BCUT2D eigenvalue weighted by Gasteiger charge is -2.22. The smallest absolute Gasteiger partial charge is 0.414 e. The second-order valence-electron chi connectivity index (χ2n) is 12.4. The number of fused-ring (bicyclic) bond motifs is 1. The van der Waals surface area contributed by atoms with Crippen LogP contribution in [0.4, 0.5) is 9.59 Å². The Morgan fingerprint density at radius 3 is 2.04 bits per heavy atom. The van der Waals surface area contributed by atoms with Gasteiger partial charge in [0.25, 0.3) is 6.47 Å². The second-order valence-corrected chi connectivity index (χ2v) is 12.4. The van der Waals surface area contributed by atoms with E-state index in [4.69, 9.17) is 19.0 Å². The third-order valence-corrected chi connectivity index (χ3v) is 5.94. The van der Waals surface area contributed by atoms with Gasteiger partial charge in [-0.2, -0.15) is 0 Å². The number of guanidine groups is 1. The van der Waals surface area contributed by atoms with E-state index in [0.717, 1.165) is 22.4 Å². The van der Waals surface area contributed by atoms with Gasteiger partial charge in [-0.25, -0.2) is 9.59 Å². The molecule has 0 radical (unpaired) electrons. The third kappa shape index (κ3) is 18.2. The van der Waals surface area contributed by atoms with Gasteiger partial charge in [0, 0.05) is 25.6 Å². The van der Waals surface area contributed by atoms with Crippen molar-refractivity contribution in [2.24, 2.45) is 4.99 Å². The van der Waals surface area contributed by atoms with Gasteiger partial charge in [0.2, 0.25) is 11.9 Å². The molecule has 3 amide bonds. The topological polar surface area (TPSA) is 174 Å². The highest BCUT2D eigenvalue weighted by Gasteiger charge is 2.24. The SMILES string of the molecule is CC.CC(C)(C)OC(=O)NC(=NCCCCNC(=O)/C=C/c1ccc2c(c1)C[C@H](c1ccc(O)cc1)O2)NC(=O)OC(C)(C)C.COC=O. The zero-order valence-corrected chi connectivity index (χ0v) is 30.0. The van der Waals surface area contributed by atoms with Gasteiger partial charge in [-0.15, -0.1) is 0 Å². The van der Waals surface area contributed by atoms with E-state index < -0.39 is 23.4 Å². The molecular weight excluding hydrogens is 632 g/mol. The van der Waals surface area contributed by atoms with Gasteiger partial charge in [-0.1, -0.05) is 32.0 Å². The molecule has 0 spiro atoms. The van der Waals surface area contributed by atoms with Gasteiger partial charge in [-0.05, 0) is 101 Å². The van der Waals surface area contributed by atoms with E-state index in [-0.39, 0.29) is 30.3 Å². The van der Waals surface area contributed by atoms with Crippen LogP contribution in [0.5, 0.6) is 11.5 Å². The molecule has 13 nitrogen and oxygen atoms in total. The first-order valence-electron chi connectivity index (χ1n) is 16.1. The first-order chi connectivity index (χ1) is 23.1. The summed E-state index contributed by atoms with van der Waals surface area (Å²) in [5, 5.41) is 17.2. The van der Waals surface area contributed by atoms with Crippen LogP contribution in [0.1, 0.15) is 91.0 Å². The summed E-state index contributed by atoms with van der Waals surface area (Å²) in [6.07, 6.45) is 3.55. The monoisotopic (exact) mass is 684 g/mol. The number of phenols is 1. The number of rotatable bonds is 9. The van der Waals surface area contributed by atoms with Crippen LogP contribution in [0.25, 0.3) is 6.08 Å². The molecule has 0 saturated heterocycles. The van der Waals surface area contributed by atoms with E-state index >= 15 is 0 Å². The number of methoxy groups -OCH3 is 1. The summed E-state index contributed by atoms with van der Waals surface area (Å²) in [5.41, 5.74) is 1.50. The van der Waals surface area contributed by atoms with Gasteiger partial charge in [0.15, 0.2) is 0 Å². The van der Waals surface area contributed by atoms with Gasteiger partial charge in [0.05, 0.1) is 7.11 Å². The average Bonchev–Trinajstić information content (AvgIpc) is 3.44. The molecule has 3 rings (SSSR count). The minimum atomic E-state index is -0.755. The van der Waals surface area contributed by atoms with Crippen LogP contribution < -0.4 is 20.7 Å². The molecule has 1 atom stereocenters. The summed E-state index contributed by atoms with van der Waals surface area (Å²) in [7, 11) is 1.31. The highest BCUT2D eigenvalue weighted by Crippen LogP contribution is 2.37. The number of carbonyl (C=O) groups is 4. The number of alkyl carbamates (subject to hydrolysis) is 2. The molecule has 0 saturated carbocycles. The number of aromatic hydroxyl groups is 1. The Bertz CT molecular complexity index is 1380. The van der Waals surface area contributed by atoms with Crippen LogP contribution >= 0.6 is 0 Å². The van der Waals surface area contributed by atoms with Crippen LogP contribution in [-0.4, -0.2) is 67.0 Å². The van der Waals surface area contributed by atoms with E-state index in [1.54, 1.807) is 59.8 Å². The molecule has 270 valence electrons. The van der Waals surface area contributed by atoms with E-state index in [9.17, 15) is 19.5 Å². The number of ether oxygens (including phenoxy) is 4. The fourth-order valence-electron chi connectivity index (χ4n) is 4.03. The standard InChI is InChI=1S/C32H42N4O7.C2H4O2.C2H6/c1-31(2,3)42-29(39)35-28(36-30(40)43-32(4,5)6)34-18-8-7-17-33-27(38)16-10-21-9-15-25-23(19-21)20-26(41-25)22-11-13-24(37)14-12-22;1-4-2-3;1-2/h9-16,19,26,37H,7-8,17-18,20H2,1-6H3,(H,33,38)(H2,34,35,36,39,40);2H,1H3;1-2H3/b16-10+;;/t26-;;/m1../s1. The molecule has 0 unspecified atom stereocenters. The molecule has 1 aliphatic rings. The fraction of sp³-hybridized carbons (Fsp3) is 0.472. The van der Waals surface area contributed by atoms with Gasteiger partial charge in [0.1, 0.15) is 28.8 Å². The molecule has 2 aromatic rings. The van der Waals surface area contributed by atoms with Crippen molar-refractivity contribution in [3.8, 4) is 11.5 Å². The van der Waals surface area contributed by atoms with Crippen molar-refractivity contribution < 1.29 is 43.2 Å². The maximum absolute atomic E-state index is 12.3. The quantitative estimate of drug-likeness (QED) is 0.0599. The summed E-state index contributed by atoms with van der Waals surface area (Å²) in [6.45, 7) is 15.4. The van der Waals surface area contributed by atoms with Gasteiger partial charge >= 0.3 is 12.2 Å². The van der Waals surface area contributed by atoms with Crippen molar-refractivity contribution in [3.63, 3.8) is 0 Å². The van der Waals surface area contributed by atoms with E-state index in [2.05, 4.69) is 25.7 Å². The number of nitrogens with one attached hydrogen (secondary N) is 3. The zero-order valence-electron chi connectivity index (χ0n) is 30.0. The average molecular weight is 685 g/mol. The first kappa shape index (κ1) is 42.0. The van der Waals surface area contributed by atoms with Gasteiger partial charge < -0.3 is 29.4 Å². The maximum Gasteiger partial charge on any atom is 0.414 e. The summed E-state index contributed by atoms with van der Waals surface area (Å²) < 4.78 is 20.4. The second kappa shape index (κ2) is 21.0. The normalized spacial score (nSPS) is 13.1. The zero-order chi connectivity index (χ0) is 37.0. The summed E-state index contributed by atoms with van der Waals surface area (Å²) in [6, 6.07) is 12.8. The lowest BCUT2D eigenvalue weighted by Crippen LogP contribution is -2.47. The molecule has 4 N–H and O–H groups in total. The van der Waals surface area contributed by atoms with Crippen molar-refractivity contribution in [3.05, 3.63) is 65.2 Å². The Balaban J connectivity index is 0.00000186. The number of nitrogens with zero attached hydrogens (tertiary/aromatic N) is 1. The van der Waals surface area contributed by atoms with Gasteiger partial charge in [-0.3, -0.25) is 25.2 Å². The van der Waals surface area contributed by atoms with Crippen molar-refractivity contribution in [2.45, 2.75) is 92.0 Å². The van der Waals surface area contributed by atoms with E-state index in [1.165, 1.54) is 13.2 Å². The van der Waals surface area contributed by atoms with E-state index in [0.29, 0.717) is 32.3 Å². The summed E-state index contributed by atoms with van der Waals surface area (Å²) in [4.78, 5) is 49.9. The van der Waals surface area contributed by atoms with Crippen molar-refractivity contribution in [1.82, 2.24) is 16.0 Å². The minimum absolute atomic E-state index is 0.0791. The van der Waals surface area contributed by atoms with Crippen LogP contribution in [-0.2, 0) is 30.2 Å². The molecule has 1 aliphatic heterocycles. The molecule has 2 aromatic carbocycles. The number of unbranched alkanes of at least 4 members (excludes halogenated alkanes) is 1. The maximum atomic E-state index is 12.3. The van der Waals surface area contributed by atoms with Crippen molar-refractivity contribution in [2.75, 3.05) is 20.2 Å². The highest BCUT2D eigenvalue weighted by molar-refractivity contribution is 6.01. The number of phenolic OH excluding ortho intramolecular Hbond substituents is 1. The fourth-order valence-corrected chi connectivity index (χ4v) is 4.03. The highest BCUT2D eigenvalue weighted by atomic mass is 16.6. The number of hydrogen-bond donors (Lipinski definition) is 4. The Kier molecular flexibility index (Phi) is 18.0. The van der Waals surface area contributed by atoms with E-state index in [1.807, 2.05) is 44.2 Å². The number of benzene rings is 2. The molecule has 0 aliphatic carbocycles. The molecule has 49 heavy (non-hydrogen) atoms. The Morgan fingerprint density at radius 2 is 1.51 bits per heavy atom. The molecule has 1 heterocycles. The van der Waals surface area contributed by atoms with Crippen molar-refractivity contribution >= 4 is 36.6 Å². The molecule has 0 bridgehead atoms. The molecule has 0 aromatic heterocycles. The summed E-state index contributed by atoms with van der Waals surface area (Å²) >= 11 is 0. The Morgan fingerprint density at radius 1 is 0.939 bits per heavy atom. The minimum Gasteiger partial charge on any atom is -0.508 e. The largest absolute Gasteiger partial charge is 0.508 e. The number of aliphatic imine (C=N–C) groups is 1. The Labute approximate surface area is 289 Å². The first-order valence-corrected chi connectivity index (χ1v) is 16.1.